The van der Waals surface area contributed by atoms with Gasteiger partial charge >= 0.3 is 0 Å². The van der Waals surface area contributed by atoms with E-state index < -0.39 is 5.60 Å². The van der Waals surface area contributed by atoms with Crippen molar-refractivity contribution < 1.29 is 14.6 Å². The van der Waals surface area contributed by atoms with Gasteiger partial charge in [-0.05, 0) is 20.3 Å². The van der Waals surface area contributed by atoms with Crippen LogP contribution in [0.25, 0.3) is 0 Å². The van der Waals surface area contributed by atoms with Gasteiger partial charge in [-0.3, -0.25) is 0 Å². The first-order valence-electron chi connectivity index (χ1n) is 5.19. The Kier molecular flexibility index (Phi) is 9.43. The van der Waals surface area contributed by atoms with Gasteiger partial charge in [0.15, 0.2) is 6.29 Å². The summed E-state index contributed by atoms with van der Waals surface area (Å²) in [4.78, 5) is 0. The molecule has 0 aliphatic carbocycles. The number of aliphatic hydroxyl groups is 1. The van der Waals surface area contributed by atoms with Crippen molar-refractivity contribution in [2.45, 2.75) is 38.6 Å². The third-order valence-corrected chi connectivity index (χ3v) is 3.50. The SMILES string of the molecule is CCOC(CC(O)(CBr)CCBr)OCC. The van der Waals surface area contributed by atoms with Crippen LogP contribution in [0.15, 0.2) is 0 Å². The molecule has 0 saturated heterocycles. The predicted molar refractivity (Wildman–Crippen MR) is 68.8 cm³/mol. The Morgan fingerprint density at radius 2 is 1.73 bits per heavy atom. The Hall–Kier alpha value is 0.840. The molecule has 1 unspecified atom stereocenters. The minimum absolute atomic E-state index is 0.318. The standard InChI is InChI=1S/C10H20Br2O3/c1-3-14-9(15-4-2)7-10(13,8-12)5-6-11/h9,13H,3-8H2,1-2H3. The lowest BCUT2D eigenvalue weighted by atomic mass is 9.99. The van der Waals surface area contributed by atoms with Crippen molar-refractivity contribution in [1.29, 1.82) is 0 Å². The van der Waals surface area contributed by atoms with Gasteiger partial charge in [-0.15, -0.1) is 0 Å². The van der Waals surface area contributed by atoms with Gasteiger partial charge in [0, 0.05) is 30.3 Å². The van der Waals surface area contributed by atoms with E-state index in [1.807, 2.05) is 13.8 Å². The summed E-state index contributed by atoms with van der Waals surface area (Å²) in [6.07, 6.45) is 0.849. The molecular weight excluding hydrogens is 328 g/mol. The highest BCUT2D eigenvalue weighted by atomic mass is 79.9. The maximum Gasteiger partial charge on any atom is 0.160 e. The van der Waals surface area contributed by atoms with Crippen LogP contribution >= 0.6 is 31.9 Å². The number of alkyl halides is 2. The van der Waals surface area contributed by atoms with Gasteiger partial charge in [-0.2, -0.15) is 0 Å². The van der Waals surface area contributed by atoms with Gasteiger partial charge in [-0.25, -0.2) is 0 Å². The van der Waals surface area contributed by atoms with Gasteiger partial charge in [0.2, 0.25) is 0 Å². The summed E-state index contributed by atoms with van der Waals surface area (Å²) in [5.41, 5.74) is -0.765. The third-order valence-electron chi connectivity index (χ3n) is 2.06. The van der Waals surface area contributed by atoms with E-state index in [1.165, 1.54) is 0 Å². The van der Waals surface area contributed by atoms with Crippen molar-refractivity contribution in [2.24, 2.45) is 0 Å². The zero-order valence-corrected chi connectivity index (χ0v) is 12.5. The summed E-state index contributed by atoms with van der Waals surface area (Å²) in [6, 6.07) is 0. The minimum Gasteiger partial charge on any atom is -0.389 e. The number of halogens is 2. The zero-order valence-electron chi connectivity index (χ0n) is 9.34. The first kappa shape index (κ1) is 15.8. The maximum atomic E-state index is 10.2. The largest absolute Gasteiger partial charge is 0.389 e. The smallest absolute Gasteiger partial charge is 0.160 e. The summed E-state index contributed by atoms with van der Waals surface area (Å²) in [7, 11) is 0. The molecule has 3 nitrogen and oxygen atoms in total. The monoisotopic (exact) mass is 346 g/mol. The second-order valence-electron chi connectivity index (χ2n) is 3.34. The van der Waals surface area contributed by atoms with Crippen LogP contribution in [-0.4, -0.2) is 40.9 Å². The lowest BCUT2D eigenvalue weighted by Crippen LogP contribution is -2.37. The van der Waals surface area contributed by atoms with E-state index in [0.717, 1.165) is 5.33 Å². The van der Waals surface area contributed by atoms with Crippen LogP contribution in [0.2, 0.25) is 0 Å². The van der Waals surface area contributed by atoms with E-state index in [4.69, 9.17) is 9.47 Å². The summed E-state index contributed by atoms with van der Waals surface area (Å²) in [5.74, 6) is 0. The molecule has 5 heteroatoms. The number of ether oxygens (including phenoxy) is 2. The molecule has 1 N–H and O–H groups in total. The van der Waals surface area contributed by atoms with Gasteiger partial charge < -0.3 is 14.6 Å². The molecule has 0 radical (unpaired) electrons. The Morgan fingerprint density at radius 3 is 2.07 bits per heavy atom. The van der Waals surface area contributed by atoms with Gasteiger partial charge in [0.1, 0.15) is 0 Å². The van der Waals surface area contributed by atoms with Crippen LogP contribution in [-0.2, 0) is 9.47 Å². The van der Waals surface area contributed by atoms with Crippen molar-refractivity contribution in [3.05, 3.63) is 0 Å². The Bertz CT molecular complexity index is 152. The topological polar surface area (TPSA) is 38.7 Å². The first-order valence-corrected chi connectivity index (χ1v) is 7.43. The highest BCUT2D eigenvalue weighted by Gasteiger charge is 2.29. The summed E-state index contributed by atoms with van der Waals surface area (Å²) in [6.45, 7) is 5.03. The van der Waals surface area contributed by atoms with E-state index in [-0.39, 0.29) is 6.29 Å². The van der Waals surface area contributed by atoms with Gasteiger partial charge in [0.25, 0.3) is 0 Å². The fourth-order valence-corrected chi connectivity index (χ4v) is 2.49. The summed E-state index contributed by atoms with van der Waals surface area (Å²) >= 11 is 6.65. The normalized spacial score (nSPS) is 15.6. The van der Waals surface area contributed by atoms with E-state index in [2.05, 4.69) is 31.9 Å². The van der Waals surface area contributed by atoms with Crippen LogP contribution in [0, 0.1) is 0 Å². The van der Waals surface area contributed by atoms with Crippen molar-refractivity contribution in [3.63, 3.8) is 0 Å². The quantitative estimate of drug-likeness (QED) is 0.514. The van der Waals surface area contributed by atoms with Crippen LogP contribution < -0.4 is 0 Å². The maximum absolute atomic E-state index is 10.2. The second kappa shape index (κ2) is 8.93. The first-order chi connectivity index (χ1) is 7.11. The molecule has 0 amide bonds. The lowest BCUT2D eigenvalue weighted by molar-refractivity contribution is -0.165. The molecule has 15 heavy (non-hydrogen) atoms. The van der Waals surface area contributed by atoms with Crippen LogP contribution in [0.4, 0.5) is 0 Å². The molecule has 92 valence electrons. The molecule has 0 fully saturated rings. The van der Waals surface area contributed by atoms with E-state index in [9.17, 15) is 5.11 Å². The molecule has 0 spiro atoms. The molecule has 0 aliphatic heterocycles. The molecule has 0 aromatic rings. The summed E-state index contributed by atoms with van der Waals surface area (Å²) in [5, 5.41) is 11.5. The Labute approximate surface area is 109 Å². The number of rotatable bonds is 9. The fraction of sp³-hybridized carbons (Fsp3) is 1.00. The molecular formula is C10H20Br2O3. The molecule has 0 saturated carbocycles. The molecule has 0 rings (SSSR count). The van der Waals surface area contributed by atoms with E-state index >= 15 is 0 Å². The molecule has 0 heterocycles. The van der Waals surface area contributed by atoms with Crippen molar-refractivity contribution in [2.75, 3.05) is 23.9 Å². The molecule has 0 aromatic heterocycles. The molecule has 1 atom stereocenters. The Balaban J connectivity index is 4.19. The molecule has 0 bridgehead atoms. The molecule has 0 aromatic carbocycles. The van der Waals surface area contributed by atoms with Crippen molar-refractivity contribution in [3.8, 4) is 0 Å². The number of hydrogen-bond acceptors (Lipinski definition) is 3. The third kappa shape index (κ3) is 6.89. The van der Waals surface area contributed by atoms with Crippen molar-refractivity contribution in [1.82, 2.24) is 0 Å². The van der Waals surface area contributed by atoms with E-state index in [0.29, 0.717) is 31.4 Å². The highest BCUT2D eigenvalue weighted by molar-refractivity contribution is 9.09. The average molecular weight is 348 g/mol. The lowest BCUT2D eigenvalue weighted by Gasteiger charge is -2.29. The summed E-state index contributed by atoms with van der Waals surface area (Å²) < 4.78 is 10.8. The molecule has 0 aliphatic rings. The minimum atomic E-state index is -0.765. The zero-order chi connectivity index (χ0) is 11.7. The van der Waals surface area contributed by atoms with Crippen LogP contribution in [0.1, 0.15) is 26.7 Å². The Morgan fingerprint density at radius 1 is 1.20 bits per heavy atom. The van der Waals surface area contributed by atoms with E-state index in [1.54, 1.807) is 0 Å². The fourth-order valence-electron chi connectivity index (χ4n) is 1.25. The highest BCUT2D eigenvalue weighted by Crippen LogP contribution is 2.23. The van der Waals surface area contributed by atoms with Gasteiger partial charge in [-0.1, -0.05) is 31.9 Å². The van der Waals surface area contributed by atoms with Gasteiger partial charge in [0.05, 0.1) is 5.60 Å². The van der Waals surface area contributed by atoms with Crippen molar-refractivity contribution >= 4 is 31.9 Å². The predicted octanol–water partition coefficient (Wildman–Crippen LogP) is 2.69. The second-order valence-corrected chi connectivity index (χ2v) is 4.70. The van der Waals surface area contributed by atoms with Crippen LogP contribution in [0.5, 0.6) is 0 Å². The number of hydrogen-bond donors (Lipinski definition) is 1. The average Bonchev–Trinajstić information content (AvgIpc) is 2.19. The van der Waals surface area contributed by atoms with Crippen LogP contribution in [0.3, 0.4) is 0 Å².